The van der Waals surface area contributed by atoms with Gasteiger partial charge in [0.1, 0.15) is 5.75 Å². The highest BCUT2D eigenvalue weighted by Crippen LogP contribution is 2.22. The molecule has 0 saturated carbocycles. The van der Waals surface area contributed by atoms with Gasteiger partial charge in [0.25, 0.3) is 15.9 Å². The number of aryl methyl sites for hydroxylation is 2. The molecule has 0 aliphatic heterocycles. The molecule has 3 rings (SSSR count). The molecule has 0 spiro atoms. The van der Waals surface area contributed by atoms with Gasteiger partial charge in [-0.15, -0.1) is 0 Å². The van der Waals surface area contributed by atoms with E-state index in [1.807, 2.05) is 13.0 Å². The Morgan fingerprint density at radius 1 is 0.897 bits per heavy atom. The average Bonchev–Trinajstić information content (AvgIpc) is 2.68. The first-order chi connectivity index (χ1) is 13.8. The summed E-state index contributed by atoms with van der Waals surface area (Å²) >= 11 is 0. The number of nitrogens with one attached hydrogen (secondary N) is 2. The van der Waals surface area contributed by atoms with Crippen LogP contribution in [0.3, 0.4) is 0 Å². The smallest absolute Gasteiger partial charge is 0.261 e. The fraction of sp³-hybridized carbons (Fsp3) is 0.136. The molecule has 0 aromatic heterocycles. The highest BCUT2D eigenvalue weighted by molar-refractivity contribution is 7.92. The van der Waals surface area contributed by atoms with Gasteiger partial charge in [0.05, 0.1) is 12.0 Å². The van der Waals surface area contributed by atoms with E-state index in [1.54, 1.807) is 62.6 Å². The molecule has 0 atom stereocenters. The van der Waals surface area contributed by atoms with E-state index in [2.05, 4.69) is 10.0 Å². The maximum Gasteiger partial charge on any atom is 0.261 e. The zero-order valence-corrected chi connectivity index (χ0v) is 17.2. The van der Waals surface area contributed by atoms with Crippen molar-refractivity contribution in [2.24, 2.45) is 0 Å². The normalized spacial score (nSPS) is 11.0. The number of carbonyl (C=O) groups excluding carboxylic acids is 1. The summed E-state index contributed by atoms with van der Waals surface area (Å²) in [6.07, 6.45) is 0. The minimum absolute atomic E-state index is 0.0143. The molecular weight excluding hydrogens is 388 g/mol. The summed E-state index contributed by atoms with van der Waals surface area (Å²) in [5, 5.41) is 2.78. The lowest BCUT2D eigenvalue weighted by Crippen LogP contribution is -2.17. The summed E-state index contributed by atoms with van der Waals surface area (Å²) in [7, 11) is -2.29. The quantitative estimate of drug-likeness (QED) is 0.632. The van der Waals surface area contributed by atoms with Crippen molar-refractivity contribution in [1.29, 1.82) is 0 Å². The Morgan fingerprint density at radius 2 is 1.62 bits per heavy atom. The number of sulfonamides is 1. The molecular formula is C22H22N2O4S. The van der Waals surface area contributed by atoms with Gasteiger partial charge < -0.3 is 10.1 Å². The zero-order valence-electron chi connectivity index (χ0n) is 16.4. The monoisotopic (exact) mass is 410 g/mol. The second-order valence-electron chi connectivity index (χ2n) is 6.64. The lowest BCUT2D eigenvalue weighted by Gasteiger charge is -2.12. The third-order valence-electron chi connectivity index (χ3n) is 4.36. The van der Waals surface area contributed by atoms with Crippen molar-refractivity contribution in [2.75, 3.05) is 17.1 Å². The Morgan fingerprint density at radius 3 is 2.34 bits per heavy atom. The summed E-state index contributed by atoms with van der Waals surface area (Å²) in [6.45, 7) is 3.63. The third-order valence-corrected chi connectivity index (χ3v) is 5.74. The summed E-state index contributed by atoms with van der Waals surface area (Å²) in [5.41, 5.74) is 2.90. The van der Waals surface area contributed by atoms with Gasteiger partial charge in [-0.25, -0.2) is 8.42 Å². The summed E-state index contributed by atoms with van der Waals surface area (Å²) in [5.74, 6) is 0.210. The van der Waals surface area contributed by atoms with Gasteiger partial charge in [-0.2, -0.15) is 0 Å². The molecule has 0 fully saturated rings. The molecule has 1 amide bonds. The molecule has 150 valence electrons. The molecule has 0 unspecified atom stereocenters. The van der Waals surface area contributed by atoms with Crippen LogP contribution in [0.2, 0.25) is 0 Å². The number of hydrogen-bond acceptors (Lipinski definition) is 4. The van der Waals surface area contributed by atoms with Crippen molar-refractivity contribution < 1.29 is 17.9 Å². The van der Waals surface area contributed by atoms with Crippen LogP contribution in [0.25, 0.3) is 0 Å². The largest absolute Gasteiger partial charge is 0.497 e. The second kappa shape index (κ2) is 8.36. The molecule has 2 N–H and O–H groups in total. The Bertz CT molecular complexity index is 1160. The van der Waals surface area contributed by atoms with Gasteiger partial charge in [0.15, 0.2) is 0 Å². The van der Waals surface area contributed by atoms with Gasteiger partial charge in [-0.05, 0) is 61.4 Å². The van der Waals surface area contributed by atoms with Crippen LogP contribution in [-0.4, -0.2) is 21.4 Å². The zero-order chi connectivity index (χ0) is 21.0. The highest BCUT2D eigenvalue weighted by Gasteiger charge is 2.18. The van der Waals surface area contributed by atoms with E-state index in [4.69, 9.17) is 4.74 Å². The molecule has 0 heterocycles. The molecule has 3 aromatic carbocycles. The number of benzene rings is 3. The van der Waals surface area contributed by atoms with Crippen LogP contribution in [-0.2, 0) is 10.0 Å². The van der Waals surface area contributed by atoms with E-state index < -0.39 is 15.9 Å². The first-order valence-corrected chi connectivity index (χ1v) is 10.4. The van der Waals surface area contributed by atoms with Crippen LogP contribution in [0.5, 0.6) is 5.75 Å². The molecule has 0 aliphatic rings. The molecule has 0 aliphatic carbocycles. The number of ether oxygens (including phenoxy) is 1. The third kappa shape index (κ3) is 4.94. The molecule has 3 aromatic rings. The lowest BCUT2D eigenvalue weighted by atomic mass is 10.1. The van der Waals surface area contributed by atoms with E-state index in [-0.39, 0.29) is 10.5 Å². The molecule has 7 heteroatoms. The molecule has 0 saturated heterocycles. The van der Waals surface area contributed by atoms with Gasteiger partial charge in [0, 0.05) is 23.0 Å². The van der Waals surface area contributed by atoms with Gasteiger partial charge in [-0.3, -0.25) is 9.52 Å². The number of anilines is 2. The fourth-order valence-corrected chi connectivity index (χ4v) is 3.91. The van der Waals surface area contributed by atoms with Crippen LogP contribution < -0.4 is 14.8 Å². The highest BCUT2D eigenvalue weighted by atomic mass is 32.2. The predicted octanol–water partition coefficient (Wildman–Crippen LogP) is 4.37. The molecule has 6 nitrogen and oxygen atoms in total. The maximum absolute atomic E-state index is 12.8. The number of carbonyl (C=O) groups is 1. The van der Waals surface area contributed by atoms with Crippen molar-refractivity contribution in [2.45, 2.75) is 18.7 Å². The van der Waals surface area contributed by atoms with Crippen molar-refractivity contribution in [3.05, 3.63) is 83.4 Å². The Labute approximate surface area is 170 Å². The number of hydrogen-bond donors (Lipinski definition) is 2. The van der Waals surface area contributed by atoms with Gasteiger partial charge >= 0.3 is 0 Å². The van der Waals surface area contributed by atoms with E-state index in [0.29, 0.717) is 22.7 Å². The molecule has 0 bridgehead atoms. The van der Waals surface area contributed by atoms with Gasteiger partial charge in [0.2, 0.25) is 0 Å². The van der Waals surface area contributed by atoms with Crippen LogP contribution in [0.4, 0.5) is 11.4 Å². The Hall–Kier alpha value is -3.32. The minimum atomic E-state index is -3.84. The van der Waals surface area contributed by atoms with Crippen molar-refractivity contribution >= 4 is 27.3 Å². The first kappa shape index (κ1) is 20.4. The van der Waals surface area contributed by atoms with Crippen molar-refractivity contribution in [3.63, 3.8) is 0 Å². The van der Waals surface area contributed by atoms with Crippen molar-refractivity contribution in [3.8, 4) is 5.75 Å². The van der Waals surface area contributed by atoms with E-state index in [0.717, 1.165) is 5.56 Å². The lowest BCUT2D eigenvalue weighted by molar-refractivity contribution is 0.102. The van der Waals surface area contributed by atoms with E-state index in [9.17, 15) is 13.2 Å². The SMILES string of the molecule is COc1cccc(NC(=O)c2cc(S(=O)(=O)Nc3cccc(C)c3)ccc2C)c1. The standard InChI is InChI=1S/C22H22N2O4S/c1-15-6-4-8-18(12-15)24-29(26,27)20-11-10-16(2)21(14-20)22(25)23-17-7-5-9-19(13-17)28-3/h4-14,24H,1-3H3,(H,23,25). The summed E-state index contributed by atoms with van der Waals surface area (Å²) < 4.78 is 33.3. The maximum atomic E-state index is 12.8. The van der Waals surface area contributed by atoms with E-state index in [1.165, 1.54) is 12.1 Å². The fourth-order valence-electron chi connectivity index (χ4n) is 2.83. The van der Waals surface area contributed by atoms with Crippen LogP contribution in [0.1, 0.15) is 21.5 Å². The Balaban J connectivity index is 1.87. The number of rotatable bonds is 6. The predicted molar refractivity (Wildman–Crippen MR) is 114 cm³/mol. The number of methoxy groups -OCH3 is 1. The average molecular weight is 410 g/mol. The van der Waals surface area contributed by atoms with Gasteiger partial charge in [-0.1, -0.05) is 24.3 Å². The second-order valence-corrected chi connectivity index (χ2v) is 8.32. The molecule has 29 heavy (non-hydrogen) atoms. The van der Waals surface area contributed by atoms with Crippen LogP contribution >= 0.6 is 0 Å². The first-order valence-electron chi connectivity index (χ1n) is 8.94. The van der Waals surface area contributed by atoms with Crippen molar-refractivity contribution in [1.82, 2.24) is 0 Å². The molecule has 0 radical (unpaired) electrons. The topological polar surface area (TPSA) is 84.5 Å². The minimum Gasteiger partial charge on any atom is -0.497 e. The Kier molecular flexibility index (Phi) is 5.89. The summed E-state index contributed by atoms with van der Waals surface area (Å²) in [6, 6.07) is 18.5. The van der Waals surface area contributed by atoms with Crippen LogP contribution in [0.15, 0.2) is 71.6 Å². The summed E-state index contributed by atoms with van der Waals surface area (Å²) in [4.78, 5) is 12.8. The number of amides is 1. The van der Waals surface area contributed by atoms with E-state index >= 15 is 0 Å². The van der Waals surface area contributed by atoms with Crippen LogP contribution in [0, 0.1) is 13.8 Å².